The zero-order valence-corrected chi connectivity index (χ0v) is 10.3. The van der Waals surface area contributed by atoms with E-state index in [0.29, 0.717) is 25.9 Å². The Balaban J connectivity index is 2.03. The molecule has 1 aliphatic rings. The third-order valence-electron chi connectivity index (χ3n) is 2.78. The zero-order chi connectivity index (χ0) is 12.7. The minimum atomic E-state index is -0.246. The molecule has 1 aliphatic heterocycles. The SMILES string of the molecule is COC(=O)CCCNC(=O)CN1CCC(N)C1. The molecule has 1 atom stereocenters. The third-order valence-corrected chi connectivity index (χ3v) is 2.78. The van der Waals surface area contributed by atoms with Crippen molar-refractivity contribution >= 4 is 11.9 Å². The predicted molar refractivity (Wildman–Crippen MR) is 63.3 cm³/mol. The van der Waals surface area contributed by atoms with E-state index >= 15 is 0 Å². The Morgan fingerprint density at radius 1 is 1.53 bits per heavy atom. The number of hydrogen-bond acceptors (Lipinski definition) is 5. The van der Waals surface area contributed by atoms with Crippen molar-refractivity contribution in [1.29, 1.82) is 0 Å². The fourth-order valence-corrected chi connectivity index (χ4v) is 1.83. The highest BCUT2D eigenvalue weighted by Gasteiger charge is 2.20. The number of rotatable bonds is 6. The normalized spacial score (nSPS) is 20.2. The van der Waals surface area contributed by atoms with Crippen molar-refractivity contribution < 1.29 is 14.3 Å². The maximum absolute atomic E-state index is 11.5. The average Bonchev–Trinajstić information content (AvgIpc) is 2.69. The molecule has 17 heavy (non-hydrogen) atoms. The van der Waals surface area contributed by atoms with Crippen LogP contribution in [-0.2, 0) is 14.3 Å². The number of likely N-dealkylation sites (tertiary alicyclic amines) is 1. The van der Waals surface area contributed by atoms with E-state index in [1.807, 2.05) is 4.90 Å². The molecule has 1 unspecified atom stereocenters. The van der Waals surface area contributed by atoms with Crippen molar-refractivity contribution in [2.75, 3.05) is 33.3 Å². The first-order valence-electron chi connectivity index (χ1n) is 5.93. The summed E-state index contributed by atoms with van der Waals surface area (Å²) in [4.78, 5) is 24.4. The molecule has 1 rings (SSSR count). The lowest BCUT2D eigenvalue weighted by atomic mass is 10.3. The summed E-state index contributed by atoms with van der Waals surface area (Å²) in [5, 5.41) is 2.77. The lowest BCUT2D eigenvalue weighted by Gasteiger charge is -2.14. The first-order chi connectivity index (χ1) is 8.11. The first-order valence-corrected chi connectivity index (χ1v) is 5.93. The topological polar surface area (TPSA) is 84.7 Å². The van der Waals surface area contributed by atoms with E-state index in [-0.39, 0.29) is 17.9 Å². The number of methoxy groups -OCH3 is 1. The lowest BCUT2D eigenvalue weighted by Crippen LogP contribution is -2.37. The molecule has 1 heterocycles. The summed E-state index contributed by atoms with van der Waals surface area (Å²) in [6, 6.07) is 0.196. The smallest absolute Gasteiger partial charge is 0.305 e. The van der Waals surface area contributed by atoms with Crippen LogP contribution in [0.25, 0.3) is 0 Å². The molecule has 0 aromatic carbocycles. The highest BCUT2D eigenvalue weighted by Crippen LogP contribution is 2.05. The van der Waals surface area contributed by atoms with E-state index in [2.05, 4.69) is 10.1 Å². The molecule has 0 aliphatic carbocycles. The van der Waals surface area contributed by atoms with Crippen LogP contribution >= 0.6 is 0 Å². The molecule has 6 heteroatoms. The van der Waals surface area contributed by atoms with Gasteiger partial charge in [-0.05, 0) is 12.8 Å². The van der Waals surface area contributed by atoms with Gasteiger partial charge in [0.1, 0.15) is 0 Å². The van der Waals surface area contributed by atoms with Gasteiger partial charge in [0.05, 0.1) is 13.7 Å². The summed E-state index contributed by atoms with van der Waals surface area (Å²) < 4.78 is 4.50. The van der Waals surface area contributed by atoms with Crippen LogP contribution in [0.4, 0.5) is 0 Å². The summed E-state index contributed by atoms with van der Waals surface area (Å²) in [5.74, 6) is -0.256. The summed E-state index contributed by atoms with van der Waals surface area (Å²) in [6.45, 7) is 2.58. The van der Waals surface area contributed by atoms with Crippen molar-refractivity contribution in [3.8, 4) is 0 Å². The van der Waals surface area contributed by atoms with Gasteiger partial charge >= 0.3 is 5.97 Å². The van der Waals surface area contributed by atoms with E-state index in [0.717, 1.165) is 19.5 Å². The molecule has 0 spiro atoms. The lowest BCUT2D eigenvalue weighted by molar-refractivity contribution is -0.140. The van der Waals surface area contributed by atoms with E-state index < -0.39 is 0 Å². The number of carbonyl (C=O) groups is 2. The molecule has 1 fully saturated rings. The number of carbonyl (C=O) groups excluding carboxylic acids is 2. The van der Waals surface area contributed by atoms with E-state index in [1.165, 1.54) is 7.11 Å². The van der Waals surface area contributed by atoms with Gasteiger partial charge in [-0.15, -0.1) is 0 Å². The second kappa shape index (κ2) is 7.24. The monoisotopic (exact) mass is 243 g/mol. The maximum Gasteiger partial charge on any atom is 0.305 e. The summed E-state index contributed by atoms with van der Waals surface area (Å²) >= 11 is 0. The Morgan fingerprint density at radius 3 is 2.88 bits per heavy atom. The van der Waals surface area contributed by atoms with Crippen LogP contribution in [0.1, 0.15) is 19.3 Å². The van der Waals surface area contributed by atoms with Crippen LogP contribution in [-0.4, -0.2) is 56.1 Å². The van der Waals surface area contributed by atoms with Crippen molar-refractivity contribution in [1.82, 2.24) is 10.2 Å². The summed E-state index contributed by atoms with van der Waals surface area (Å²) in [6.07, 6.45) is 1.90. The summed E-state index contributed by atoms with van der Waals surface area (Å²) in [7, 11) is 1.36. The van der Waals surface area contributed by atoms with Crippen LogP contribution < -0.4 is 11.1 Å². The van der Waals surface area contributed by atoms with E-state index in [4.69, 9.17) is 5.73 Å². The van der Waals surface area contributed by atoms with Crippen molar-refractivity contribution in [2.24, 2.45) is 5.73 Å². The van der Waals surface area contributed by atoms with Gasteiger partial charge in [-0.3, -0.25) is 14.5 Å². The molecule has 6 nitrogen and oxygen atoms in total. The van der Waals surface area contributed by atoms with Gasteiger partial charge in [-0.2, -0.15) is 0 Å². The number of esters is 1. The highest BCUT2D eigenvalue weighted by atomic mass is 16.5. The Hall–Kier alpha value is -1.14. The van der Waals surface area contributed by atoms with Crippen molar-refractivity contribution in [3.05, 3.63) is 0 Å². The van der Waals surface area contributed by atoms with Gasteiger partial charge in [0.2, 0.25) is 5.91 Å². The molecule has 1 saturated heterocycles. The van der Waals surface area contributed by atoms with Crippen molar-refractivity contribution in [3.63, 3.8) is 0 Å². The maximum atomic E-state index is 11.5. The fourth-order valence-electron chi connectivity index (χ4n) is 1.83. The summed E-state index contributed by atoms with van der Waals surface area (Å²) in [5.41, 5.74) is 5.75. The first kappa shape index (κ1) is 13.9. The van der Waals surface area contributed by atoms with Gasteiger partial charge in [0.15, 0.2) is 0 Å². The molecular formula is C11H21N3O3. The number of nitrogens with zero attached hydrogens (tertiary/aromatic N) is 1. The second-order valence-electron chi connectivity index (χ2n) is 4.31. The molecule has 3 N–H and O–H groups in total. The number of amides is 1. The highest BCUT2D eigenvalue weighted by molar-refractivity contribution is 5.78. The fraction of sp³-hybridized carbons (Fsp3) is 0.818. The van der Waals surface area contributed by atoms with Gasteiger partial charge < -0.3 is 15.8 Å². The number of ether oxygens (including phenoxy) is 1. The third kappa shape index (κ3) is 5.65. The van der Waals surface area contributed by atoms with Crippen LogP contribution in [0.3, 0.4) is 0 Å². The van der Waals surface area contributed by atoms with Crippen LogP contribution in [0.15, 0.2) is 0 Å². The molecular weight excluding hydrogens is 222 g/mol. The molecule has 98 valence electrons. The second-order valence-corrected chi connectivity index (χ2v) is 4.31. The average molecular weight is 243 g/mol. The predicted octanol–water partition coefficient (Wildman–Crippen LogP) is -0.911. The molecule has 0 aromatic rings. The zero-order valence-electron chi connectivity index (χ0n) is 10.3. The molecule has 0 bridgehead atoms. The van der Waals surface area contributed by atoms with Crippen molar-refractivity contribution in [2.45, 2.75) is 25.3 Å². The minimum Gasteiger partial charge on any atom is -0.469 e. The van der Waals surface area contributed by atoms with Crippen LogP contribution in [0, 0.1) is 0 Å². The quantitative estimate of drug-likeness (QED) is 0.466. The van der Waals surface area contributed by atoms with E-state index in [9.17, 15) is 9.59 Å². The molecule has 0 aromatic heterocycles. The van der Waals surface area contributed by atoms with Gasteiger partial charge in [-0.25, -0.2) is 0 Å². The molecule has 1 amide bonds. The van der Waals surface area contributed by atoms with Gasteiger partial charge in [0, 0.05) is 32.1 Å². The van der Waals surface area contributed by atoms with E-state index in [1.54, 1.807) is 0 Å². The minimum absolute atomic E-state index is 0.0102. The number of hydrogen-bond donors (Lipinski definition) is 2. The molecule has 0 radical (unpaired) electrons. The molecule has 0 saturated carbocycles. The standard InChI is InChI=1S/C11H21N3O3/c1-17-11(16)3-2-5-13-10(15)8-14-6-4-9(12)7-14/h9H,2-8,12H2,1H3,(H,13,15). The Kier molecular flexibility index (Phi) is 5.93. The Labute approximate surface area is 101 Å². The Morgan fingerprint density at radius 2 is 2.29 bits per heavy atom. The largest absolute Gasteiger partial charge is 0.469 e. The van der Waals surface area contributed by atoms with Gasteiger partial charge in [0.25, 0.3) is 0 Å². The van der Waals surface area contributed by atoms with Gasteiger partial charge in [-0.1, -0.05) is 0 Å². The van der Waals surface area contributed by atoms with Crippen LogP contribution in [0.2, 0.25) is 0 Å². The Bertz CT molecular complexity index is 271. The number of nitrogens with one attached hydrogen (secondary N) is 1. The van der Waals surface area contributed by atoms with Crippen LogP contribution in [0.5, 0.6) is 0 Å². The number of nitrogens with two attached hydrogens (primary N) is 1.